The van der Waals surface area contributed by atoms with E-state index in [1.807, 2.05) is 6.07 Å². The number of carbonyl (C=O) groups excluding carboxylic acids is 1. The van der Waals surface area contributed by atoms with Crippen LogP contribution in [0.2, 0.25) is 10.0 Å². The van der Waals surface area contributed by atoms with Gasteiger partial charge in [0.05, 0.1) is 11.6 Å². The van der Waals surface area contributed by atoms with Crippen molar-refractivity contribution in [2.45, 2.75) is 24.3 Å². The summed E-state index contributed by atoms with van der Waals surface area (Å²) < 4.78 is 4.86. The Hall–Kier alpha value is -0.0700. The molecule has 0 aromatic heterocycles. The maximum absolute atomic E-state index is 11.3. The van der Waals surface area contributed by atoms with Gasteiger partial charge in [0, 0.05) is 21.4 Å². The lowest BCUT2D eigenvalue weighted by atomic mass is 10.2. The summed E-state index contributed by atoms with van der Waals surface area (Å²) in [4.78, 5) is 12.3. The van der Waals surface area contributed by atoms with Gasteiger partial charge in [0.25, 0.3) is 0 Å². The van der Waals surface area contributed by atoms with Crippen molar-refractivity contribution in [2.75, 3.05) is 23.9 Å². The summed E-state index contributed by atoms with van der Waals surface area (Å²) in [6, 6.07) is 4.93. The number of carbonyl (C=O) groups is 1. The molecule has 0 aliphatic carbocycles. The zero-order valence-corrected chi connectivity index (χ0v) is 15.0. The van der Waals surface area contributed by atoms with Crippen LogP contribution in [0, 0.1) is 0 Å². The maximum Gasteiger partial charge on any atom is 0.322 e. The third-order valence-electron chi connectivity index (χ3n) is 2.54. The molecule has 0 bridgehead atoms. The largest absolute Gasteiger partial charge is 0.465 e. The van der Waals surface area contributed by atoms with Crippen LogP contribution in [0.1, 0.15) is 13.3 Å². The predicted molar refractivity (Wildman–Crippen MR) is 93.7 cm³/mol. The highest BCUT2D eigenvalue weighted by Crippen LogP contribution is 2.30. The van der Waals surface area contributed by atoms with Crippen molar-refractivity contribution in [3.8, 4) is 0 Å². The number of ether oxygens (including phenoxy) is 1. The highest BCUT2D eigenvalue weighted by atomic mass is 35.5. The number of halogens is 2. The van der Waals surface area contributed by atoms with Gasteiger partial charge in [-0.2, -0.15) is 11.8 Å². The fraction of sp³-hybridized carbons (Fsp3) is 0.500. The van der Waals surface area contributed by atoms with Crippen LogP contribution in [0.15, 0.2) is 23.1 Å². The van der Waals surface area contributed by atoms with Crippen LogP contribution in [-0.4, -0.2) is 35.9 Å². The molecule has 1 rings (SSSR count). The number of thioether (sulfide) groups is 2. The van der Waals surface area contributed by atoms with Gasteiger partial charge in [-0.1, -0.05) is 23.2 Å². The summed E-state index contributed by atoms with van der Waals surface area (Å²) in [6.45, 7) is 2.15. The Balaban J connectivity index is 2.15. The van der Waals surface area contributed by atoms with E-state index in [-0.39, 0.29) is 5.97 Å². The van der Waals surface area contributed by atoms with Crippen LogP contribution in [0.3, 0.4) is 0 Å². The molecule has 21 heavy (non-hydrogen) atoms. The van der Waals surface area contributed by atoms with Gasteiger partial charge in [0.1, 0.15) is 6.04 Å². The molecule has 0 spiro atoms. The molecule has 0 saturated carbocycles. The number of rotatable bonds is 9. The molecule has 0 saturated heterocycles. The monoisotopic (exact) mass is 367 g/mol. The molecule has 0 aliphatic rings. The first-order valence-corrected chi connectivity index (χ1v) is 9.52. The van der Waals surface area contributed by atoms with Gasteiger partial charge in [-0.15, -0.1) is 11.8 Å². The van der Waals surface area contributed by atoms with E-state index in [2.05, 4.69) is 0 Å². The minimum absolute atomic E-state index is 0.321. The minimum atomic E-state index is -0.521. The van der Waals surface area contributed by atoms with Crippen molar-refractivity contribution in [1.82, 2.24) is 0 Å². The molecule has 0 amide bonds. The second kappa shape index (κ2) is 10.6. The second-order valence-electron chi connectivity index (χ2n) is 4.18. The van der Waals surface area contributed by atoms with Crippen molar-refractivity contribution in [2.24, 2.45) is 5.73 Å². The Labute approximate surface area is 144 Å². The second-order valence-corrected chi connectivity index (χ2v) is 7.39. The van der Waals surface area contributed by atoms with Crippen LogP contribution >= 0.6 is 46.7 Å². The number of nitrogens with two attached hydrogens (primary N) is 1. The van der Waals surface area contributed by atoms with Crippen molar-refractivity contribution in [3.63, 3.8) is 0 Å². The molecule has 3 nitrogen and oxygen atoms in total. The highest BCUT2D eigenvalue weighted by molar-refractivity contribution is 8.03. The standard InChI is InChI=1S/C14H19Cl2NO2S2/c1-2-19-14(18)12(17)5-6-20-7-8-21-13-9-10(15)3-4-11(13)16/h3-4,9,12H,2,5-8,17H2,1H3. The van der Waals surface area contributed by atoms with Gasteiger partial charge in [0.15, 0.2) is 0 Å². The SMILES string of the molecule is CCOC(=O)C(N)CCSCCSc1cc(Cl)ccc1Cl. The molecule has 0 aliphatic heterocycles. The topological polar surface area (TPSA) is 52.3 Å². The summed E-state index contributed by atoms with van der Waals surface area (Å²) in [6.07, 6.45) is 0.631. The van der Waals surface area contributed by atoms with E-state index in [1.54, 1.807) is 42.6 Å². The van der Waals surface area contributed by atoms with E-state index in [1.165, 1.54) is 0 Å². The lowest BCUT2D eigenvalue weighted by Crippen LogP contribution is -2.32. The van der Waals surface area contributed by atoms with E-state index in [0.717, 1.165) is 27.2 Å². The predicted octanol–water partition coefficient (Wildman–Crippen LogP) is 4.10. The molecule has 1 aromatic carbocycles. The third kappa shape index (κ3) is 7.66. The van der Waals surface area contributed by atoms with Crippen molar-refractivity contribution in [3.05, 3.63) is 28.2 Å². The average molecular weight is 368 g/mol. The Kier molecular flexibility index (Phi) is 9.60. The Morgan fingerprint density at radius 1 is 1.33 bits per heavy atom. The third-order valence-corrected chi connectivity index (χ3v) is 5.55. The Morgan fingerprint density at radius 2 is 2.10 bits per heavy atom. The molecular weight excluding hydrogens is 349 g/mol. The number of benzene rings is 1. The summed E-state index contributed by atoms with van der Waals surface area (Å²) in [5.41, 5.74) is 5.72. The molecule has 2 N–H and O–H groups in total. The van der Waals surface area contributed by atoms with Crippen LogP contribution < -0.4 is 5.73 Å². The highest BCUT2D eigenvalue weighted by Gasteiger charge is 2.13. The summed E-state index contributed by atoms with van der Waals surface area (Å²) in [7, 11) is 0. The molecule has 0 radical (unpaired) electrons. The summed E-state index contributed by atoms with van der Waals surface area (Å²) in [5, 5.41) is 1.41. The van der Waals surface area contributed by atoms with Gasteiger partial charge >= 0.3 is 5.97 Å². The van der Waals surface area contributed by atoms with E-state index in [0.29, 0.717) is 18.1 Å². The lowest BCUT2D eigenvalue weighted by Gasteiger charge is -2.10. The molecule has 1 atom stereocenters. The van der Waals surface area contributed by atoms with Gasteiger partial charge in [-0.3, -0.25) is 4.79 Å². The van der Waals surface area contributed by atoms with E-state index in [4.69, 9.17) is 33.7 Å². The summed E-state index contributed by atoms with van der Waals surface area (Å²) in [5.74, 6) is 2.41. The minimum Gasteiger partial charge on any atom is -0.465 e. The molecular formula is C14H19Cl2NO2S2. The fourth-order valence-electron chi connectivity index (χ4n) is 1.48. The van der Waals surface area contributed by atoms with Crippen molar-refractivity contribution >= 4 is 52.7 Å². The average Bonchev–Trinajstić information content (AvgIpc) is 2.46. The zero-order chi connectivity index (χ0) is 15.7. The van der Waals surface area contributed by atoms with Crippen molar-refractivity contribution < 1.29 is 9.53 Å². The van der Waals surface area contributed by atoms with Crippen LogP contribution in [0.4, 0.5) is 0 Å². The fourth-order valence-corrected chi connectivity index (χ4v) is 4.06. The number of hydrogen-bond donors (Lipinski definition) is 1. The molecule has 118 valence electrons. The first-order chi connectivity index (χ1) is 10.0. The number of esters is 1. The molecule has 7 heteroatoms. The van der Waals surface area contributed by atoms with Crippen LogP contribution in [0.5, 0.6) is 0 Å². The van der Waals surface area contributed by atoms with E-state index >= 15 is 0 Å². The van der Waals surface area contributed by atoms with Gasteiger partial charge in [-0.25, -0.2) is 0 Å². The van der Waals surface area contributed by atoms with Crippen molar-refractivity contribution in [1.29, 1.82) is 0 Å². The van der Waals surface area contributed by atoms with Crippen LogP contribution in [0.25, 0.3) is 0 Å². The first-order valence-electron chi connectivity index (χ1n) is 6.62. The normalized spacial score (nSPS) is 12.2. The first kappa shape index (κ1) is 19.0. The zero-order valence-electron chi connectivity index (χ0n) is 11.8. The van der Waals surface area contributed by atoms with E-state index in [9.17, 15) is 4.79 Å². The van der Waals surface area contributed by atoms with Crippen LogP contribution in [-0.2, 0) is 9.53 Å². The maximum atomic E-state index is 11.3. The number of hydrogen-bond acceptors (Lipinski definition) is 5. The molecule has 1 unspecified atom stereocenters. The van der Waals surface area contributed by atoms with Gasteiger partial charge < -0.3 is 10.5 Å². The lowest BCUT2D eigenvalue weighted by molar-refractivity contribution is -0.144. The summed E-state index contributed by atoms with van der Waals surface area (Å²) >= 11 is 15.5. The smallest absolute Gasteiger partial charge is 0.322 e. The molecule has 0 fully saturated rings. The van der Waals surface area contributed by atoms with Gasteiger partial charge in [-0.05, 0) is 37.3 Å². The molecule has 0 heterocycles. The quantitative estimate of drug-likeness (QED) is 0.404. The molecule has 1 aromatic rings. The van der Waals surface area contributed by atoms with Gasteiger partial charge in [0.2, 0.25) is 0 Å². The Bertz CT molecular complexity index is 461. The Morgan fingerprint density at radius 3 is 2.81 bits per heavy atom. The van der Waals surface area contributed by atoms with E-state index < -0.39 is 6.04 Å².